The average Bonchev–Trinajstić information content (AvgIpc) is 2.70. The van der Waals surface area contributed by atoms with Crippen LogP contribution < -0.4 is 4.74 Å². The fraction of sp³-hybridized carbons (Fsp3) is 0.182. The number of ether oxygens (including phenoxy) is 2. The van der Waals surface area contributed by atoms with E-state index in [2.05, 4.69) is 0 Å². The highest BCUT2D eigenvalue weighted by Crippen LogP contribution is 2.45. The van der Waals surface area contributed by atoms with Crippen molar-refractivity contribution in [2.75, 3.05) is 6.61 Å². The molecule has 3 aromatic carbocycles. The second kappa shape index (κ2) is 9.25. The van der Waals surface area contributed by atoms with E-state index in [1.165, 1.54) is 36.4 Å². The van der Waals surface area contributed by atoms with Gasteiger partial charge < -0.3 is 9.47 Å². The van der Waals surface area contributed by atoms with Gasteiger partial charge in [-0.25, -0.2) is 4.39 Å². The van der Waals surface area contributed by atoms with Crippen LogP contribution in [-0.2, 0) is 16.2 Å². The van der Waals surface area contributed by atoms with Gasteiger partial charge in [0.25, 0.3) is 0 Å². The standard InChI is InChI=1S/C22H16Cl2F4O2/c23-17-9-7-16(8-10-17)21(24,22(26,27)28)14-29-13-15-6-11-19(25)20(12-15)30-18-4-2-1-3-5-18/h1-12H,13-14H2. The molecule has 3 rings (SSSR count). The zero-order valence-electron chi connectivity index (χ0n) is 15.4. The number of hydrogen-bond donors (Lipinski definition) is 0. The summed E-state index contributed by atoms with van der Waals surface area (Å²) in [6, 6.07) is 17.5. The normalized spacial score (nSPS) is 13.7. The van der Waals surface area contributed by atoms with E-state index in [1.807, 2.05) is 0 Å². The Bertz CT molecular complexity index is 979. The van der Waals surface area contributed by atoms with E-state index >= 15 is 0 Å². The van der Waals surface area contributed by atoms with Gasteiger partial charge in [-0.3, -0.25) is 0 Å². The van der Waals surface area contributed by atoms with E-state index in [-0.39, 0.29) is 22.9 Å². The van der Waals surface area contributed by atoms with Crippen LogP contribution in [0.3, 0.4) is 0 Å². The molecular weight excluding hydrogens is 443 g/mol. The fourth-order valence-corrected chi connectivity index (χ4v) is 3.01. The lowest BCUT2D eigenvalue weighted by molar-refractivity contribution is -0.179. The first-order valence-electron chi connectivity index (χ1n) is 8.80. The van der Waals surface area contributed by atoms with Gasteiger partial charge in [-0.05, 0) is 47.5 Å². The molecule has 0 amide bonds. The lowest BCUT2D eigenvalue weighted by atomic mass is 9.98. The quantitative estimate of drug-likeness (QED) is 0.269. The summed E-state index contributed by atoms with van der Waals surface area (Å²) in [5.41, 5.74) is 0.243. The van der Waals surface area contributed by atoms with E-state index in [0.29, 0.717) is 11.3 Å². The minimum absolute atomic E-state index is 0.0621. The van der Waals surface area contributed by atoms with Crippen LogP contribution in [0.2, 0.25) is 5.02 Å². The Hall–Kier alpha value is -2.28. The highest BCUT2D eigenvalue weighted by atomic mass is 35.5. The van der Waals surface area contributed by atoms with Crippen molar-refractivity contribution in [3.8, 4) is 11.5 Å². The van der Waals surface area contributed by atoms with Gasteiger partial charge in [-0.2, -0.15) is 13.2 Å². The second-order valence-corrected chi connectivity index (χ2v) is 7.56. The highest BCUT2D eigenvalue weighted by molar-refractivity contribution is 6.30. The summed E-state index contributed by atoms with van der Waals surface area (Å²) in [5, 5.41) is 0.290. The van der Waals surface area contributed by atoms with Crippen LogP contribution in [0.25, 0.3) is 0 Å². The Balaban J connectivity index is 1.72. The molecular formula is C22H16Cl2F4O2. The second-order valence-electron chi connectivity index (χ2n) is 6.48. The summed E-state index contributed by atoms with van der Waals surface area (Å²) >= 11 is 11.7. The van der Waals surface area contributed by atoms with Gasteiger partial charge in [-0.15, -0.1) is 11.6 Å². The number of alkyl halides is 4. The molecule has 0 aliphatic rings. The summed E-state index contributed by atoms with van der Waals surface area (Å²) < 4.78 is 65.8. The third-order valence-corrected chi connectivity index (χ3v) is 5.08. The summed E-state index contributed by atoms with van der Waals surface area (Å²) in [4.78, 5) is -2.75. The molecule has 0 N–H and O–H groups in total. The van der Waals surface area contributed by atoms with Gasteiger partial charge in [-0.1, -0.05) is 48.0 Å². The maximum atomic E-state index is 14.0. The summed E-state index contributed by atoms with van der Waals surface area (Å²) in [7, 11) is 0. The Kier molecular flexibility index (Phi) is 6.91. The molecule has 0 fully saturated rings. The summed E-state index contributed by atoms with van der Waals surface area (Å²) in [6.07, 6.45) is -4.77. The summed E-state index contributed by atoms with van der Waals surface area (Å²) in [6.45, 7) is -1.06. The number of halogens is 6. The third-order valence-electron chi connectivity index (χ3n) is 4.29. The van der Waals surface area contributed by atoms with Crippen LogP contribution in [-0.4, -0.2) is 12.8 Å². The van der Waals surface area contributed by atoms with Crippen molar-refractivity contribution < 1.29 is 27.0 Å². The molecule has 0 saturated heterocycles. The van der Waals surface area contributed by atoms with E-state index in [9.17, 15) is 17.6 Å². The number of hydrogen-bond acceptors (Lipinski definition) is 2. The van der Waals surface area contributed by atoms with Crippen molar-refractivity contribution in [2.45, 2.75) is 17.7 Å². The Morgan fingerprint density at radius 2 is 1.53 bits per heavy atom. The van der Waals surface area contributed by atoms with Crippen LogP contribution >= 0.6 is 23.2 Å². The largest absolute Gasteiger partial charge is 0.454 e. The molecule has 0 saturated carbocycles. The lowest BCUT2D eigenvalue weighted by Crippen LogP contribution is -2.41. The van der Waals surface area contributed by atoms with Gasteiger partial charge in [0.2, 0.25) is 0 Å². The first-order valence-corrected chi connectivity index (χ1v) is 9.55. The molecule has 0 heterocycles. The smallest absolute Gasteiger partial charge is 0.413 e. The summed E-state index contributed by atoms with van der Waals surface area (Å²) in [5.74, 6) is -0.243. The van der Waals surface area contributed by atoms with Crippen LogP contribution in [0.15, 0.2) is 72.8 Å². The number of rotatable bonds is 7. The van der Waals surface area contributed by atoms with Crippen molar-refractivity contribution in [3.05, 3.63) is 94.8 Å². The van der Waals surface area contributed by atoms with Gasteiger partial charge in [0.05, 0.1) is 13.2 Å². The molecule has 0 aromatic heterocycles. The van der Waals surface area contributed by atoms with Crippen molar-refractivity contribution >= 4 is 23.2 Å². The van der Waals surface area contributed by atoms with Crippen LogP contribution in [0.4, 0.5) is 17.6 Å². The molecule has 0 aliphatic heterocycles. The molecule has 158 valence electrons. The van der Waals surface area contributed by atoms with Gasteiger partial charge in [0, 0.05) is 5.02 Å². The minimum atomic E-state index is -4.77. The monoisotopic (exact) mass is 458 g/mol. The van der Waals surface area contributed by atoms with E-state index < -0.39 is 23.5 Å². The zero-order valence-corrected chi connectivity index (χ0v) is 16.9. The van der Waals surface area contributed by atoms with Gasteiger partial charge in [0.15, 0.2) is 16.4 Å². The van der Waals surface area contributed by atoms with Crippen molar-refractivity contribution in [1.29, 1.82) is 0 Å². The zero-order chi connectivity index (χ0) is 21.8. The minimum Gasteiger partial charge on any atom is -0.454 e. The Morgan fingerprint density at radius 1 is 0.867 bits per heavy atom. The molecule has 1 atom stereocenters. The van der Waals surface area contributed by atoms with E-state index in [1.54, 1.807) is 30.3 Å². The Morgan fingerprint density at radius 3 is 2.17 bits per heavy atom. The van der Waals surface area contributed by atoms with E-state index in [0.717, 1.165) is 6.07 Å². The molecule has 0 radical (unpaired) electrons. The SMILES string of the molecule is Fc1ccc(COCC(Cl)(c2ccc(Cl)cc2)C(F)(F)F)cc1Oc1ccccc1. The molecule has 0 aliphatic carbocycles. The third kappa shape index (κ3) is 5.25. The first-order chi connectivity index (χ1) is 14.2. The topological polar surface area (TPSA) is 18.5 Å². The molecule has 8 heteroatoms. The van der Waals surface area contributed by atoms with Crippen molar-refractivity contribution in [3.63, 3.8) is 0 Å². The fourth-order valence-electron chi connectivity index (χ4n) is 2.68. The maximum Gasteiger partial charge on any atom is 0.413 e. The van der Waals surface area contributed by atoms with Gasteiger partial charge >= 0.3 is 6.18 Å². The first kappa shape index (κ1) is 22.4. The molecule has 0 bridgehead atoms. The maximum absolute atomic E-state index is 14.0. The van der Waals surface area contributed by atoms with Crippen LogP contribution in [0, 0.1) is 5.82 Å². The van der Waals surface area contributed by atoms with Crippen LogP contribution in [0.1, 0.15) is 11.1 Å². The van der Waals surface area contributed by atoms with Gasteiger partial charge in [0.1, 0.15) is 5.75 Å². The number of para-hydroxylation sites is 1. The average molecular weight is 459 g/mol. The Labute approximate surface area is 181 Å². The molecule has 2 nitrogen and oxygen atoms in total. The predicted octanol–water partition coefficient (Wildman–Crippen LogP) is 7.48. The van der Waals surface area contributed by atoms with Crippen molar-refractivity contribution in [2.24, 2.45) is 0 Å². The van der Waals surface area contributed by atoms with Crippen molar-refractivity contribution in [1.82, 2.24) is 0 Å². The highest BCUT2D eigenvalue weighted by Gasteiger charge is 2.55. The number of benzene rings is 3. The predicted molar refractivity (Wildman–Crippen MR) is 108 cm³/mol. The molecule has 0 spiro atoms. The van der Waals surface area contributed by atoms with E-state index in [4.69, 9.17) is 32.7 Å². The molecule has 3 aromatic rings. The lowest BCUT2D eigenvalue weighted by Gasteiger charge is -2.30. The van der Waals surface area contributed by atoms with Crippen LogP contribution in [0.5, 0.6) is 11.5 Å². The molecule has 1 unspecified atom stereocenters. The molecule has 30 heavy (non-hydrogen) atoms.